The van der Waals surface area contributed by atoms with E-state index in [2.05, 4.69) is 24.1 Å². The lowest BCUT2D eigenvalue weighted by atomic mass is 9.94. The van der Waals surface area contributed by atoms with Gasteiger partial charge in [0.1, 0.15) is 0 Å². The molecule has 2 rings (SSSR count). The summed E-state index contributed by atoms with van der Waals surface area (Å²) in [6.07, 6.45) is 12.9. The summed E-state index contributed by atoms with van der Waals surface area (Å²) in [6, 6.07) is 0.915. The number of hydrogen-bond donors (Lipinski definition) is 1. The van der Waals surface area contributed by atoms with E-state index in [4.69, 9.17) is 0 Å². The zero-order chi connectivity index (χ0) is 14.2. The van der Waals surface area contributed by atoms with E-state index >= 15 is 0 Å². The van der Waals surface area contributed by atoms with E-state index < -0.39 is 0 Å². The molecule has 1 heterocycles. The van der Waals surface area contributed by atoms with Crippen molar-refractivity contribution >= 4 is 0 Å². The molecule has 1 saturated heterocycles. The molecule has 1 aliphatic heterocycles. The second kappa shape index (κ2) is 9.04. The van der Waals surface area contributed by atoms with Gasteiger partial charge in [0.05, 0.1) is 0 Å². The van der Waals surface area contributed by atoms with Crippen molar-refractivity contribution < 1.29 is 0 Å². The predicted octanol–water partition coefficient (Wildman–Crippen LogP) is 4.06. The van der Waals surface area contributed by atoms with Crippen LogP contribution in [0.5, 0.6) is 0 Å². The molecule has 2 fully saturated rings. The van der Waals surface area contributed by atoms with Crippen LogP contribution in [-0.2, 0) is 0 Å². The van der Waals surface area contributed by atoms with Gasteiger partial charge >= 0.3 is 0 Å². The largest absolute Gasteiger partial charge is 0.316 e. The fourth-order valence-electron chi connectivity index (χ4n) is 3.92. The summed E-state index contributed by atoms with van der Waals surface area (Å²) in [5.74, 6) is 1.81. The molecular formula is C18H36N2. The van der Waals surface area contributed by atoms with E-state index in [0.29, 0.717) is 0 Å². The molecule has 0 radical (unpaired) electrons. The first-order chi connectivity index (χ1) is 9.75. The predicted molar refractivity (Wildman–Crippen MR) is 88.1 cm³/mol. The van der Waals surface area contributed by atoms with Crippen molar-refractivity contribution in [1.82, 2.24) is 10.2 Å². The summed E-state index contributed by atoms with van der Waals surface area (Å²) in [4.78, 5) is 2.84. The van der Waals surface area contributed by atoms with Crippen molar-refractivity contribution in [3.8, 4) is 0 Å². The topological polar surface area (TPSA) is 15.3 Å². The number of hydrogen-bond acceptors (Lipinski definition) is 2. The van der Waals surface area contributed by atoms with Gasteiger partial charge in [-0.25, -0.2) is 0 Å². The number of piperidine rings is 1. The summed E-state index contributed by atoms with van der Waals surface area (Å²) < 4.78 is 0. The second-order valence-electron chi connectivity index (χ2n) is 7.51. The van der Waals surface area contributed by atoms with Gasteiger partial charge in [0.15, 0.2) is 0 Å². The summed E-state index contributed by atoms with van der Waals surface area (Å²) in [5, 5.41) is 3.55. The first kappa shape index (κ1) is 16.3. The van der Waals surface area contributed by atoms with Gasteiger partial charge in [-0.1, -0.05) is 26.7 Å². The lowest BCUT2D eigenvalue weighted by molar-refractivity contribution is 0.179. The van der Waals surface area contributed by atoms with E-state index in [1.807, 2.05) is 0 Å². The molecule has 118 valence electrons. The van der Waals surface area contributed by atoms with Gasteiger partial charge in [0.25, 0.3) is 0 Å². The molecule has 1 unspecified atom stereocenters. The molecule has 20 heavy (non-hydrogen) atoms. The van der Waals surface area contributed by atoms with Crippen LogP contribution in [-0.4, -0.2) is 37.1 Å². The molecule has 0 amide bonds. The van der Waals surface area contributed by atoms with Crippen LogP contribution < -0.4 is 5.32 Å². The standard InChI is InChI=1S/C18H36N2/c1-16(2)11-14-20(18-9-3-4-10-18)13-6-8-17-7-5-12-19-15-17/h16-19H,3-15H2,1-2H3. The number of nitrogens with zero attached hydrogens (tertiary/aromatic N) is 1. The van der Waals surface area contributed by atoms with Crippen LogP contribution in [0.2, 0.25) is 0 Å². The van der Waals surface area contributed by atoms with Gasteiger partial charge in [-0.05, 0) is 83.0 Å². The maximum Gasteiger partial charge on any atom is 0.00952 e. The average Bonchev–Trinajstić information content (AvgIpc) is 2.97. The van der Waals surface area contributed by atoms with Gasteiger partial charge in [-0.15, -0.1) is 0 Å². The van der Waals surface area contributed by atoms with E-state index in [9.17, 15) is 0 Å². The molecule has 0 bridgehead atoms. The van der Waals surface area contributed by atoms with E-state index in [1.54, 1.807) is 0 Å². The third-order valence-electron chi connectivity index (χ3n) is 5.29. The van der Waals surface area contributed by atoms with Crippen LogP contribution in [0.15, 0.2) is 0 Å². The van der Waals surface area contributed by atoms with Gasteiger partial charge in [-0.2, -0.15) is 0 Å². The molecule has 0 aromatic carbocycles. The Hall–Kier alpha value is -0.0800. The van der Waals surface area contributed by atoms with Crippen LogP contribution >= 0.6 is 0 Å². The zero-order valence-corrected chi connectivity index (χ0v) is 13.9. The van der Waals surface area contributed by atoms with Gasteiger partial charge in [0, 0.05) is 6.04 Å². The minimum atomic E-state index is 0.849. The van der Waals surface area contributed by atoms with E-state index in [1.165, 1.54) is 84.0 Å². The number of nitrogens with one attached hydrogen (secondary N) is 1. The molecule has 0 spiro atoms. The van der Waals surface area contributed by atoms with Crippen molar-refractivity contribution in [2.75, 3.05) is 26.2 Å². The quantitative estimate of drug-likeness (QED) is 0.721. The average molecular weight is 281 g/mol. The minimum Gasteiger partial charge on any atom is -0.316 e. The van der Waals surface area contributed by atoms with Crippen LogP contribution in [0, 0.1) is 11.8 Å². The monoisotopic (exact) mass is 280 g/mol. The molecule has 1 aliphatic carbocycles. The van der Waals surface area contributed by atoms with Gasteiger partial charge in [-0.3, -0.25) is 0 Å². The summed E-state index contributed by atoms with van der Waals surface area (Å²) in [6.45, 7) is 9.94. The zero-order valence-electron chi connectivity index (χ0n) is 13.9. The van der Waals surface area contributed by atoms with Crippen LogP contribution in [0.4, 0.5) is 0 Å². The first-order valence-corrected chi connectivity index (χ1v) is 9.20. The first-order valence-electron chi connectivity index (χ1n) is 9.20. The lowest BCUT2D eigenvalue weighted by Crippen LogP contribution is -2.36. The Balaban J connectivity index is 1.68. The third-order valence-corrected chi connectivity index (χ3v) is 5.29. The fraction of sp³-hybridized carbons (Fsp3) is 1.00. The molecule has 0 aromatic rings. The smallest absolute Gasteiger partial charge is 0.00952 e. The number of rotatable bonds is 8. The van der Waals surface area contributed by atoms with Crippen molar-refractivity contribution in [3.05, 3.63) is 0 Å². The Morgan fingerprint density at radius 2 is 1.85 bits per heavy atom. The Morgan fingerprint density at radius 3 is 2.50 bits per heavy atom. The Bertz CT molecular complexity index is 240. The molecule has 2 nitrogen and oxygen atoms in total. The van der Waals surface area contributed by atoms with Gasteiger partial charge in [0.2, 0.25) is 0 Å². The van der Waals surface area contributed by atoms with Gasteiger partial charge < -0.3 is 10.2 Å². The lowest BCUT2D eigenvalue weighted by Gasteiger charge is -2.30. The second-order valence-corrected chi connectivity index (χ2v) is 7.51. The Labute approximate surface area is 126 Å². The highest BCUT2D eigenvalue weighted by atomic mass is 15.2. The fourth-order valence-corrected chi connectivity index (χ4v) is 3.92. The molecule has 0 aromatic heterocycles. The van der Waals surface area contributed by atoms with Crippen LogP contribution in [0.3, 0.4) is 0 Å². The van der Waals surface area contributed by atoms with E-state index in [0.717, 1.165) is 17.9 Å². The van der Waals surface area contributed by atoms with Crippen molar-refractivity contribution in [1.29, 1.82) is 0 Å². The normalized spacial score (nSPS) is 24.9. The van der Waals surface area contributed by atoms with Crippen molar-refractivity contribution in [2.45, 2.75) is 77.7 Å². The Kier molecular flexibility index (Phi) is 7.37. The van der Waals surface area contributed by atoms with Crippen LogP contribution in [0.1, 0.15) is 71.6 Å². The molecule has 1 atom stereocenters. The minimum absolute atomic E-state index is 0.849. The molecule has 2 aliphatic rings. The molecule has 2 heteroatoms. The van der Waals surface area contributed by atoms with Crippen LogP contribution in [0.25, 0.3) is 0 Å². The van der Waals surface area contributed by atoms with Crippen molar-refractivity contribution in [2.24, 2.45) is 11.8 Å². The maximum atomic E-state index is 3.55. The molecule has 1 N–H and O–H groups in total. The molecule has 1 saturated carbocycles. The highest BCUT2D eigenvalue weighted by molar-refractivity contribution is 4.78. The molecular weight excluding hydrogens is 244 g/mol. The third kappa shape index (κ3) is 5.73. The Morgan fingerprint density at radius 1 is 1.05 bits per heavy atom. The highest BCUT2D eigenvalue weighted by Gasteiger charge is 2.22. The van der Waals surface area contributed by atoms with Crippen molar-refractivity contribution in [3.63, 3.8) is 0 Å². The summed E-state index contributed by atoms with van der Waals surface area (Å²) in [5.41, 5.74) is 0. The van der Waals surface area contributed by atoms with E-state index in [-0.39, 0.29) is 0 Å². The SMILES string of the molecule is CC(C)CCN(CCCC1CCCNC1)C1CCCC1. The maximum absolute atomic E-state index is 3.55. The highest BCUT2D eigenvalue weighted by Crippen LogP contribution is 2.25. The summed E-state index contributed by atoms with van der Waals surface area (Å²) in [7, 11) is 0. The summed E-state index contributed by atoms with van der Waals surface area (Å²) >= 11 is 0.